The van der Waals surface area contributed by atoms with Gasteiger partial charge in [-0.15, -0.1) is 0 Å². The first-order chi connectivity index (χ1) is 13.9. The molecule has 0 aromatic heterocycles. The highest BCUT2D eigenvalue weighted by Gasteiger charge is 2.56. The average molecular weight is 427 g/mol. The predicted molar refractivity (Wildman–Crippen MR) is 111 cm³/mol. The number of carbonyl (C=O) groups excluding carboxylic acids is 3. The largest absolute Gasteiger partial charge is 0.462 e. The van der Waals surface area contributed by atoms with E-state index in [1.807, 2.05) is 13.8 Å². The van der Waals surface area contributed by atoms with Gasteiger partial charge in [0.1, 0.15) is 12.2 Å². The van der Waals surface area contributed by atoms with E-state index in [2.05, 4.69) is 13.8 Å². The summed E-state index contributed by atoms with van der Waals surface area (Å²) in [5, 5.41) is 0. The van der Waals surface area contributed by atoms with E-state index in [1.165, 1.54) is 6.92 Å². The van der Waals surface area contributed by atoms with Gasteiger partial charge in [-0.1, -0.05) is 27.7 Å². The van der Waals surface area contributed by atoms with Crippen molar-refractivity contribution in [1.82, 2.24) is 0 Å². The van der Waals surface area contributed by atoms with Gasteiger partial charge in [0.15, 0.2) is 11.4 Å². The number of epoxide rings is 1. The van der Waals surface area contributed by atoms with Crippen molar-refractivity contribution in [3.63, 3.8) is 0 Å². The molecule has 0 aliphatic carbocycles. The summed E-state index contributed by atoms with van der Waals surface area (Å²) in [4.78, 5) is 38.0. The maximum Gasteiger partial charge on any atom is 0.311 e. The zero-order valence-corrected chi connectivity index (χ0v) is 19.6. The number of rotatable bonds is 2. The van der Waals surface area contributed by atoms with Crippen LogP contribution in [0.25, 0.3) is 0 Å². The number of hydrogen-bond donors (Lipinski definition) is 0. The summed E-state index contributed by atoms with van der Waals surface area (Å²) in [6, 6.07) is 0. The average Bonchev–Trinajstić information content (AvgIpc) is 3.44. The summed E-state index contributed by atoms with van der Waals surface area (Å²) >= 11 is 0. The van der Waals surface area contributed by atoms with Crippen molar-refractivity contribution in [1.29, 1.82) is 0 Å². The standard InChI is InChI=1S/C23H38O7/c1-12-9-13(2)19(27-8)16(5)22(26)29-17(6)14(3)20(30-18(7)24)15(4)21(25)23(10-12)11-28-23/h12-17,19-20H,9-11H2,1-8H3/t12-,13-,14+,15-,16-,17-,19+,20?,23-/m1/s1. The third-order valence-corrected chi connectivity index (χ3v) is 6.86. The Morgan fingerprint density at radius 1 is 1.03 bits per heavy atom. The highest BCUT2D eigenvalue weighted by atomic mass is 16.6. The molecule has 30 heavy (non-hydrogen) atoms. The maximum absolute atomic E-state index is 13.4. The minimum absolute atomic E-state index is 0.0488. The normalized spacial score (nSPS) is 43.6. The molecule has 2 fully saturated rings. The number of methoxy groups -OCH3 is 1. The molecule has 0 amide bonds. The molecule has 2 heterocycles. The van der Waals surface area contributed by atoms with Crippen molar-refractivity contribution in [2.24, 2.45) is 29.6 Å². The summed E-state index contributed by atoms with van der Waals surface area (Å²) in [6.45, 7) is 13.1. The highest BCUT2D eigenvalue weighted by molar-refractivity contribution is 5.92. The number of cyclic esters (lactones) is 1. The molecule has 7 nitrogen and oxygen atoms in total. The Morgan fingerprint density at radius 3 is 2.13 bits per heavy atom. The number of ether oxygens (including phenoxy) is 4. The lowest BCUT2D eigenvalue weighted by Gasteiger charge is -2.35. The molecule has 2 rings (SSSR count). The van der Waals surface area contributed by atoms with E-state index < -0.39 is 35.6 Å². The van der Waals surface area contributed by atoms with E-state index in [-0.39, 0.29) is 35.6 Å². The van der Waals surface area contributed by atoms with Crippen molar-refractivity contribution >= 4 is 17.7 Å². The molecule has 0 saturated carbocycles. The molecule has 2 aliphatic rings. The number of carbonyl (C=O) groups is 3. The van der Waals surface area contributed by atoms with E-state index in [0.29, 0.717) is 13.0 Å². The van der Waals surface area contributed by atoms with Gasteiger partial charge in [-0.05, 0) is 38.5 Å². The minimum atomic E-state index is -0.811. The molecule has 0 aromatic carbocycles. The lowest BCUT2D eigenvalue weighted by Crippen LogP contribution is -2.46. The molecule has 172 valence electrons. The first-order valence-corrected chi connectivity index (χ1v) is 11.0. The van der Waals surface area contributed by atoms with Crippen LogP contribution >= 0.6 is 0 Å². The summed E-state index contributed by atoms with van der Waals surface area (Å²) in [7, 11) is 1.61. The van der Waals surface area contributed by atoms with Crippen LogP contribution in [0.15, 0.2) is 0 Å². The lowest BCUT2D eigenvalue weighted by molar-refractivity contribution is -0.169. The zero-order valence-electron chi connectivity index (χ0n) is 19.6. The number of hydrogen-bond acceptors (Lipinski definition) is 7. The van der Waals surface area contributed by atoms with Crippen LogP contribution < -0.4 is 0 Å². The minimum Gasteiger partial charge on any atom is -0.462 e. The first kappa shape index (κ1) is 24.8. The molecular formula is C23H38O7. The van der Waals surface area contributed by atoms with Crippen LogP contribution in [0.4, 0.5) is 0 Å². The Bertz CT molecular complexity index is 641. The van der Waals surface area contributed by atoms with Crippen LogP contribution in [0.5, 0.6) is 0 Å². The Kier molecular flexibility index (Phi) is 8.08. The van der Waals surface area contributed by atoms with Crippen LogP contribution in [0, 0.1) is 29.6 Å². The molecule has 1 spiro atoms. The first-order valence-electron chi connectivity index (χ1n) is 11.0. The van der Waals surface area contributed by atoms with Crippen molar-refractivity contribution < 1.29 is 33.3 Å². The van der Waals surface area contributed by atoms with E-state index in [0.717, 1.165) is 6.42 Å². The number of esters is 2. The maximum atomic E-state index is 13.4. The third-order valence-electron chi connectivity index (χ3n) is 6.86. The van der Waals surface area contributed by atoms with Crippen molar-refractivity contribution in [2.75, 3.05) is 13.7 Å². The van der Waals surface area contributed by atoms with Crippen molar-refractivity contribution in [2.45, 2.75) is 85.2 Å². The molecule has 0 bridgehead atoms. The second-order valence-electron chi connectivity index (χ2n) is 9.52. The molecular weight excluding hydrogens is 388 g/mol. The van der Waals surface area contributed by atoms with Crippen LogP contribution in [0.1, 0.15) is 61.3 Å². The second kappa shape index (κ2) is 9.77. The Balaban J connectivity index is 2.39. The van der Waals surface area contributed by atoms with E-state index in [9.17, 15) is 14.4 Å². The van der Waals surface area contributed by atoms with Gasteiger partial charge in [0, 0.05) is 20.0 Å². The van der Waals surface area contributed by atoms with Gasteiger partial charge in [-0.3, -0.25) is 14.4 Å². The van der Waals surface area contributed by atoms with E-state index in [1.54, 1.807) is 21.0 Å². The fourth-order valence-corrected chi connectivity index (χ4v) is 5.01. The molecule has 1 unspecified atom stereocenters. The summed E-state index contributed by atoms with van der Waals surface area (Å²) in [5.41, 5.74) is -0.811. The number of ketones is 1. The fourth-order valence-electron chi connectivity index (χ4n) is 5.01. The lowest BCUT2D eigenvalue weighted by atomic mass is 9.77. The van der Waals surface area contributed by atoms with Crippen LogP contribution in [-0.4, -0.2) is 55.4 Å². The molecule has 2 aliphatic heterocycles. The third kappa shape index (κ3) is 5.41. The van der Waals surface area contributed by atoms with Gasteiger partial charge in [0.25, 0.3) is 0 Å². The van der Waals surface area contributed by atoms with E-state index in [4.69, 9.17) is 18.9 Å². The summed E-state index contributed by atoms with van der Waals surface area (Å²) in [6.07, 6.45) is -0.135. The summed E-state index contributed by atoms with van der Waals surface area (Å²) in [5.74, 6) is -1.92. The Hall–Kier alpha value is -1.47. The Morgan fingerprint density at radius 2 is 1.63 bits per heavy atom. The number of Topliss-reactive ketones (excluding diaryl/α,β-unsaturated/α-hetero) is 1. The molecule has 2 saturated heterocycles. The van der Waals surface area contributed by atoms with Crippen LogP contribution in [0.3, 0.4) is 0 Å². The van der Waals surface area contributed by atoms with Crippen LogP contribution in [-0.2, 0) is 33.3 Å². The van der Waals surface area contributed by atoms with Crippen molar-refractivity contribution in [3.8, 4) is 0 Å². The van der Waals surface area contributed by atoms with E-state index >= 15 is 0 Å². The molecule has 0 aromatic rings. The Labute approximate surface area is 180 Å². The fraction of sp³-hybridized carbons (Fsp3) is 0.870. The molecule has 7 heteroatoms. The van der Waals surface area contributed by atoms with Gasteiger partial charge in [-0.2, -0.15) is 0 Å². The van der Waals surface area contributed by atoms with Gasteiger partial charge in [-0.25, -0.2) is 0 Å². The molecule has 9 atom stereocenters. The molecule has 0 radical (unpaired) electrons. The topological polar surface area (TPSA) is 91.4 Å². The highest BCUT2D eigenvalue weighted by Crippen LogP contribution is 2.41. The SMILES string of the molecule is CO[C@H]1[C@H](C)C[C@@H](C)C[C@@]2(CO2)C(=O)[C@H](C)C(OC(C)=O)[C@@H](C)[C@@H](C)OC(=O)[C@@H]1C. The van der Waals surface area contributed by atoms with Gasteiger partial charge in [0.05, 0.1) is 24.5 Å². The smallest absolute Gasteiger partial charge is 0.311 e. The zero-order chi connectivity index (χ0) is 22.8. The summed E-state index contributed by atoms with van der Waals surface area (Å²) < 4.78 is 22.6. The van der Waals surface area contributed by atoms with Gasteiger partial charge < -0.3 is 18.9 Å². The van der Waals surface area contributed by atoms with Crippen LogP contribution in [0.2, 0.25) is 0 Å². The second-order valence-corrected chi connectivity index (χ2v) is 9.52. The quantitative estimate of drug-likeness (QED) is 0.495. The molecule has 0 N–H and O–H groups in total. The van der Waals surface area contributed by atoms with Gasteiger partial charge >= 0.3 is 11.9 Å². The van der Waals surface area contributed by atoms with Gasteiger partial charge in [0.2, 0.25) is 0 Å². The predicted octanol–water partition coefficient (Wildman–Crippen LogP) is 3.18. The van der Waals surface area contributed by atoms with Crippen molar-refractivity contribution in [3.05, 3.63) is 0 Å². The monoisotopic (exact) mass is 426 g/mol.